The van der Waals surface area contributed by atoms with Crippen LogP contribution in [0.1, 0.15) is 20.3 Å². The van der Waals surface area contributed by atoms with Crippen molar-refractivity contribution in [3.63, 3.8) is 0 Å². The van der Waals surface area contributed by atoms with Crippen molar-refractivity contribution in [2.75, 3.05) is 6.61 Å². The Morgan fingerprint density at radius 2 is 1.97 bits per heavy atom. The zero-order valence-corrected chi connectivity index (χ0v) is 20.5. The summed E-state index contributed by atoms with van der Waals surface area (Å²) in [6.45, 7) is 12.7. The van der Waals surface area contributed by atoms with Gasteiger partial charge in [0.25, 0.3) is 0 Å². The van der Waals surface area contributed by atoms with E-state index >= 15 is 0 Å². The highest BCUT2D eigenvalue weighted by molar-refractivity contribution is 9.10. The summed E-state index contributed by atoms with van der Waals surface area (Å²) in [4.78, 5) is 4.39. The molecule has 0 aliphatic heterocycles. The van der Waals surface area contributed by atoms with Gasteiger partial charge in [0.05, 0.1) is 23.5 Å². The van der Waals surface area contributed by atoms with Gasteiger partial charge in [-0.2, -0.15) is 5.10 Å². The molecule has 3 heterocycles. The van der Waals surface area contributed by atoms with Crippen molar-refractivity contribution < 1.29 is 9.84 Å². The minimum Gasteiger partial charge on any atom is -0.390 e. The Bertz CT molecular complexity index is 969. The zero-order chi connectivity index (χ0) is 21.2. The lowest BCUT2D eigenvalue weighted by molar-refractivity contribution is 0.0666. The van der Waals surface area contributed by atoms with Crippen LogP contribution in [-0.4, -0.2) is 44.7 Å². The lowest BCUT2D eigenvalue weighted by Gasteiger charge is -2.17. The third kappa shape index (κ3) is 6.25. The SMILES string of the molecule is CC(C)(O)CCn1cc(-c2cnn(COCC[Si](C)(C)C)c2)c2cc(Br)ncc21. The maximum atomic E-state index is 10.1. The van der Waals surface area contributed by atoms with E-state index in [4.69, 9.17) is 4.74 Å². The Kier molecular flexibility index (Phi) is 6.67. The van der Waals surface area contributed by atoms with E-state index in [-0.39, 0.29) is 0 Å². The second-order valence-electron chi connectivity index (χ2n) is 9.44. The van der Waals surface area contributed by atoms with Gasteiger partial charge in [0.2, 0.25) is 0 Å². The van der Waals surface area contributed by atoms with Crippen LogP contribution in [0.15, 0.2) is 35.5 Å². The number of fused-ring (bicyclic) bond motifs is 1. The smallest absolute Gasteiger partial charge is 0.139 e. The van der Waals surface area contributed by atoms with Gasteiger partial charge in [-0.15, -0.1) is 0 Å². The molecule has 0 aromatic carbocycles. The summed E-state index contributed by atoms with van der Waals surface area (Å²) >= 11 is 3.48. The quantitative estimate of drug-likeness (QED) is 0.262. The highest BCUT2D eigenvalue weighted by atomic mass is 79.9. The van der Waals surface area contributed by atoms with Crippen LogP contribution in [0.2, 0.25) is 25.7 Å². The van der Waals surface area contributed by atoms with Crippen molar-refractivity contribution in [3.05, 3.63) is 35.5 Å². The topological polar surface area (TPSA) is 65.1 Å². The Morgan fingerprint density at radius 1 is 1.21 bits per heavy atom. The van der Waals surface area contributed by atoms with Gasteiger partial charge in [0.1, 0.15) is 11.3 Å². The number of hydrogen-bond donors (Lipinski definition) is 1. The van der Waals surface area contributed by atoms with Crippen LogP contribution < -0.4 is 0 Å². The molecule has 0 radical (unpaired) electrons. The molecule has 0 amide bonds. The van der Waals surface area contributed by atoms with Crippen molar-refractivity contribution in [1.82, 2.24) is 19.3 Å². The van der Waals surface area contributed by atoms with Crippen LogP contribution in [0.5, 0.6) is 0 Å². The second kappa shape index (κ2) is 8.71. The first kappa shape index (κ1) is 22.2. The predicted octanol–water partition coefficient (Wildman–Crippen LogP) is 5.14. The number of halogens is 1. The van der Waals surface area contributed by atoms with Crippen LogP contribution in [0, 0.1) is 0 Å². The normalized spacial score (nSPS) is 12.8. The Labute approximate surface area is 182 Å². The number of pyridine rings is 1. The standard InChI is InChI=1S/C21H31BrN4O2Si/c1-21(2,27)6-7-25-14-18(17-10-20(22)23-12-19(17)25)16-11-24-26(13-16)15-28-8-9-29(3,4)5/h10-14,27H,6-9,15H2,1-5H3. The van der Waals surface area contributed by atoms with E-state index in [2.05, 4.69) is 56.4 Å². The molecule has 3 rings (SSSR count). The van der Waals surface area contributed by atoms with Gasteiger partial charge in [-0.05, 0) is 48.3 Å². The van der Waals surface area contributed by atoms with E-state index in [1.54, 1.807) is 0 Å². The third-order valence-electron chi connectivity index (χ3n) is 4.86. The van der Waals surface area contributed by atoms with Gasteiger partial charge < -0.3 is 14.4 Å². The number of ether oxygens (including phenoxy) is 1. The molecule has 6 nitrogen and oxygen atoms in total. The Morgan fingerprint density at radius 3 is 2.66 bits per heavy atom. The second-order valence-corrected chi connectivity index (χ2v) is 15.9. The molecule has 0 aliphatic carbocycles. The zero-order valence-electron chi connectivity index (χ0n) is 17.9. The number of hydrogen-bond acceptors (Lipinski definition) is 4. The van der Waals surface area contributed by atoms with E-state index in [1.807, 2.05) is 43.2 Å². The summed E-state index contributed by atoms with van der Waals surface area (Å²) in [5.41, 5.74) is 2.49. The molecule has 0 fully saturated rings. The number of nitrogens with zero attached hydrogens (tertiary/aromatic N) is 4. The molecule has 1 N–H and O–H groups in total. The highest BCUT2D eigenvalue weighted by Gasteiger charge is 2.17. The molecule has 158 valence electrons. The number of aliphatic hydroxyl groups is 1. The molecule has 3 aromatic heterocycles. The summed E-state index contributed by atoms with van der Waals surface area (Å²) < 4.78 is 10.6. The summed E-state index contributed by atoms with van der Waals surface area (Å²) in [5.74, 6) is 0. The largest absolute Gasteiger partial charge is 0.390 e. The van der Waals surface area contributed by atoms with Gasteiger partial charge in [-0.3, -0.25) is 0 Å². The monoisotopic (exact) mass is 478 g/mol. The van der Waals surface area contributed by atoms with Gasteiger partial charge in [-0.1, -0.05) is 19.6 Å². The average Bonchev–Trinajstić information content (AvgIpc) is 3.19. The first-order valence-electron chi connectivity index (χ1n) is 9.99. The molecule has 3 aromatic rings. The number of aryl methyl sites for hydroxylation is 1. The summed E-state index contributed by atoms with van der Waals surface area (Å²) in [5, 5.41) is 15.7. The van der Waals surface area contributed by atoms with E-state index in [1.165, 1.54) is 0 Å². The number of rotatable bonds is 9. The Balaban J connectivity index is 1.80. The molecule has 8 heteroatoms. The third-order valence-corrected chi connectivity index (χ3v) is 7.00. The van der Waals surface area contributed by atoms with Crippen molar-refractivity contribution >= 4 is 34.9 Å². The fourth-order valence-corrected chi connectivity index (χ4v) is 4.17. The first-order valence-corrected chi connectivity index (χ1v) is 14.5. The molecule has 0 unspecified atom stereocenters. The molecular weight excluding hydrogens is 448 g/mol. The maximum Gasteiger partial charge on any atom is 0.139 e. The molecule has 0 atom stereocenters. The van der Waals surface area contributed by atoms with E-state index < -0.39 is 13.7 Å². The minimum absolute atomic E-state index is 0.465. The highest BCUT2D eigenvalue weighted by Crippen LogP contribution is 2.32. The summed E-state index contributed by atoms with van der Waals surface area (Å²) in [6, 6.07) is 3.18. The number of aromatic nitrogens is 4. The van der Waals surface area contributed by atoms with Crippen LogP contribution in [0.25, 0.3) is 22.0 Å². The summed E-state index contributed by atoms with van der Waals surface area (Å²) in [7, 11) is -1.08. The van der Waals surface area contributed by atoms with Gasteiger partial charge in [0, 0.05) is 50.1 Å². The molecule has 29 heavy (non-hydrogen) atoms. The van der Waals surface area contributed by atoms with Crippen molar-refractivity contribution in [1.29, 1.82) is 0 Å². The molecule has 0 aliphatic rings. The van der Waals surface area contributed by atoms with Gasteiger partial charge >= 0.3 is 0 Å². The van der Waals surface area contributed by atoms with Crippen LogP contribution in [0.3, 0.4) is 0 Å². The molecular formula is C21H31BrN4O2Si. The predicted molar refractivity (Wildman–Crippen MR) is 124 cm³/mol. The van der Waals surface area contributed by atoms with Crippen molar-refractivity contribution in [3.8, 4) is 11.1 Å². The lowest BCUT2D eigenvalue weighted by atomic mass is 10.1. The average molecular weight is 479 g/mol. The van der Waals surface area contributed by atoms with Crippen LogP contribution in [-0.2, 0) is 18.0 Å². The van der Waals surface area contributed by atoms with Crippen molar-refractivity contribution in [2.24, 2.45) is 0 Å². The van der Waals surface area contributed by atoms with E-state index in [0.29, 0.717) is 13.2 Å². The van der Waals surface area contributed by atoms with Crippen LogP contribution in [0.4, 0.5) is 0 Å². The minimum atomic E-state index is -1.08. The molecule has 0 saturated heterocycles. The van der Waals surface area contributed by atoms with Crippen molar-refractivity contribution in [2.45, 2.75) is 64.8 Å². The van der Waals surface area contributed by atoms with E-state index in [9.17, 15) is 5.11 Å². The van der Waals surface area contributed by atoms with Gasteiger partial charge in [0.15, 0.2) is 0 Å². The summed E-state index contributed by atoms with van der Waals surface area (Å²) in [6.07, 6.45) is 8.56. The molecule has 0 spiro atoms. The maximum absolute atomic E-state index is 10.1. The molecule has 0 bridgehead atoms. The van der Waals surface area contributed by atoms with Gasteiger partial charge in [-0.25, -0.2) is 9.67 Å². The van der Waals surface area contributed by atoms with E-state index in [0.717, 1.165) is 45.8 Å². The van der Waals surface area contributed by atoms with Crippen LogP contribution >= 0.6 is 15.9 Å². The molecule has 0 saturated carbocycles. The fraction of sp³-hybridized carbons (Fsp3) is 0.524. The Hall–Kier alpha value is -1.48. The fourth-order valence-electron chi connectivity index (χ4n) is 3.08. The lowest BCUT2D eigenvalue weighted by Crippen LogP contribution is -2.22. The first-order chi connectivity index (χ1) is 13.5.